The molecule has 4 heteroatoms. The summed E-state index contributed by atoms with van der Waals surface area (Å²) in [7, 11) is 0. The second-order valence-electron chi connectivity index (χ2n) is 8.49. The number of hydrogen-bond donors (Lipinski definition) is 2. The first-order valence-electron chi connectivity index (χ1n) is 12.5. The SMILES string of the molecule is Br.CCCCCCCCCCCCCCCCC(CC)(CC)C(N)=O.CCCN. The summed E-state index contributed by atoms with van der Waals surface area (Å²) in [5, 5.41) is 0. The Labute approximate surface area is 194 Å². The first kappa shape index (κ1) is 33.5. The topological polar surface area (TPSA) is 69.1 Å². The summed E-state index contributed by atoms with van der Waals surface area (Å²) >= 11 is 0. The molecule has 0 aliphatic heterocycles. The molecule has 4 N–H and O–H groups in total. The van der Waals surface area contributed by atoms with E-state index in [0.717, 1.165) is 38.6 Å². The van der Waals surface area contributed by atoms with Crippen LogP contribution in [0.2, 0.25) is 0 Å². The molecule has 0 aliphatic rings. The highest BCUT2D eigenvalue weighted by molar-refractivity contribution is 8.93. The fourth-order valence-corrected chi connectivity index (χ4v) is 3.73. The second kappa shape index (κ2) is 25.9. The lowest BCUT2D eigenvalue weighted by Gasteiger charge is -2.27. The summed E-state index contributed by atoms with van der Waals surface area (Å²) in [6.45, 7) is 9.35. The van der Waals surface area contributed by atoms with Crippen LogP contribution in [0.15, 0.2) is 0 Å². The van der Waals surface area contributed by atoms with Crippen molar-refractivity contribution in [1.82, 2.24) is 0 Å². The molecule has 0 atom stereocenters. The lowest BCUT2D eigenvalue weighted by molar-refractivity contribution is -0.128. The molecular formula is C25H55BrN2O. The third kappa shape index (κ3) is 20.9. The van der Waals surface area contributed by atoms with Crippen molar-refractivity contribution in [2.75, 3.05) is 6.54 Å². The summed E-state index contributed by atoms with van der Waals surface area (Å²) < 4.78 is 0. The van der Waals surface area contributed by atoms with E-state index in [4.69, 9.17) is 11.5 Å². The van der Waals surface area contributed by atoms with Crippen LogP contribution in [-0.2, 0) is 4.79 Å². The van der Waals surface area contributed by atoms with Crippen molar-refractivity contribution in [3.8, 4) is 0 Å². The first-order chi connectivity index (χ1) is 13.5. The van der Waals surface area contributed by atoms with E-state index >= 15 is 0 Å². The molecule has 0 unspecified atom stereocenters. The maximum Gasteiger partial charge on any atom is 0.223 e. The van der Waals surface area contributed by atoms with Crippen LogP contribution in [0.5, 0.6) is 0 Å². The number of carbonyl (C=O) groups is 1. The van der Waals surface area contributed by atoms with Crippen molar-refractivity contribution in [2.45, 2.75) is 143 Å². The van der Waals surface area contributed by atoms with Crippen LogP contribution in [0.25, 0.3) is 0 Å². The minimum Gasteiger partial charge on any atom is -0.369 e. The maximum atomic E-state index is 11.7. The summed E-state index contributed by atoms with van der Waals surface area (Å²) in [5.41, 5.74) is 10.4. The first-order valence-corrected chi connectivity index (χ1v) is 12.5. The van der Waals surface area contributed by atoms with Crippen LogP contribution in [-0.4, -0.2) is 12.5 Å². The molecule has 0 saturated carbocycles. The van der Waals surface area contributed by atoms with E-state index in [0.29, 0.717) is 0 Å². The summed E-state index contributed by atoms with van der Waals surface area (Å²) in [6.07, 6.45) is 23.1. The predicted molar refractivity (Wildman–Crippen MR) is 137 cm³/mol. The van der Waals surface area contributed by atoms with E-state index in [9.17, 15) is 4.79 Å². The van der Waals surface area contributed by atoms with Gasteiger partial charge in [-0.2, -0.15) is 0 Å². The fraction of sp³-hybridized carbons (Fsp3) is 0.960. The van der Waals surface area contributed by atoms with Gasteiger partial charge < -0.3 is 11.5 Å². The molecule has 0 aliphatic carbocycles. The molecule has 0 bridgehead atoms. The predicted octanol–water partition coefficient (Wildman–Crippen LogP) is 8.08. The van der Waals surface area contributed by atoms with Crippen LogP contribution in [0.3, 0.4) is 0 Å². The van der Waals surface area contributed by atoms with E-state index in [1.807, 2.05) is 0 Å². The summed E-state index contributed by atoms with van der Waals surface area (Å²) in [5.74, 6) is -0.0952. The number of rotatable bonds is 19. The summed E-state index contributed by atoms with van der Waals surface area (Å²) in [4.78, 5) is 11.7. The Hall–Kier alpha value is -0.0900. The van der Waals surface area contributed by atoms with Crippen molar-refractivity contribution in [3.05, 3.63) is 0 Å². The third-order valence-electron chi connectivity index (χ3n) is 6.17. The largest absolute Gasteiger partial charge is 0.369 e. The van der Waals surface area contributed by atoms with Gasteiger partial charge in [-0.3, -0.25) is 4.79 Å². The Bertz CT molecular complexity index is 318. The van der Waals surface area contributed by atoms with Gasteiger partial charge in [0.05, 0.1) is 0 Å². The van der Waals surface area contributed by atoms with Gasteiger partial charge >= 0.3 is 0 Å². The van der Waals surface area contributed by atoms with Crippen molar-refractivity contribution < 1.29 is 4.79 Å². The number of primary amides is 1. The minimum atomic E-state index is -0.239. The van der Waals surface area contributed by atoms with Gasteiger partial charge in [0.2, 0.25) is 5.91 Å². The molecule has 178 valence electrons. The van der Waals surface area contributed by atoms with Gasteiger partial charge in [-0.05, 0) is 32.2 Å². The van der Waals surface area contributed by atoms with Gasteiger partial charge in [0.1, 0.15) is 0 Å². The monoisotopic (exact) mass is 478 g/mol. The number of carbonyl (C=O) groups excluding carboxylic acids is 1. The van der Waals surface area contributed by atoms with E-state index in [1.54, 1.807) is 0 Å². The normalized spacial score (nSPS) is 10.8. The van der Waals surface area contributed by atoms with Crippen molar-refractivity contribution >= 4 is 22.9 Å². The van der Waals surface area contributed by atoms with E-state index in [-0.39, 0.29) is 28.3 Å². The molecule has 1 amide bonds. The van der Waals surface area contributed by atoms with Crippen LogP contribution in [0.1, 0.15) is 143 Å². The van der Waals surface area contributed by atoms with Gasteiger partial charge in [0.25, 0.3) is 0 Å². The number of nitrogens with two attached hydrogens (primary N) is 2. The number of amides is 1. The average Bonchev–Trinajstić information content (AvgIpc) is 2.71. The Morgan fingerprint density at radius 2 is 0.931 bits per heavy atom. The molecule has 0 aromatic heterocycles. The van der Waals surface area contributed by atoms with Gasteiger partial charge in [0, 0.05) is 5.41 Å². The molecule has 0 aromatic carbocycles. The van der Waals surface area contributed by atoms with Gasteiger partial charge in [0.15, 0.2) is 0 Å². The number of hydrogen-bond acceptors (Lipinski definition) is 2. The molecule has 0 saturated heterocycles. The highest BCUT2D eigenvalue weighted by Crippen LogP contribution is 2.32. The zero-order valence-electron chi connectivity index (χ0n) is 20.4. The van der Waals surface area contributed by atoms with Gasteiger partial charge in [-0.1, -0.05) is 118 Å². The van der Waals surface area contributed by atoms with Crippen molar-refractivity contribution in [1.29, 1.82) is 0 Å². The molecule has 0 spiro atoms. The van der Waals surface area contributed by atoms with Crippen molar-refractivity contribution in [2.24, 2.45) is 16.9 Å². The van der Waals surface area contributed by atoms with Crippen molar-refractivity contribution in [3.63, 3.8) is 0 Å². The lowest BCUT2D eigenvalue weighted by atomic mass is 9.77. The van der Waals surface area contributed by atoms with Gasteiger partial charge in [-0.15, -0.1) is 17.0 Å². The zero-order valence-corrected chi connectivity index (χ0v) is 22.1. The quantitative estimate of drug-likeness (QED) is 0.184. The highest BCUT2D eigenvalue weighted by atomic mass is 79.9. The standard InChI is InChI=1S/C22H45NO.C3H9N.BrH/c1-4-7-8-9-10-11-12-13-14-15-16-17-18-19-20-22(5-2,6-3)21(23)24;1-2-3-4;/h4-20H2,1-3H3,(H2,23,24);2-4H2,1H3;1H. The number of unbranched alkanes of at least 4 members (excludes halogenated alkanes) is 13. The number of halogens is 1. The smallest absolute Gasteiger partial charge is 0.223 e. The highest BCUT2D eigenvalue weighted by Gasteiger charge is 2.31. The molecule has 0 aromatic rings. The summed E-state index contributed by atoms with van der Waals surface area (Å²) in [6, 6.07) is 0. The third-order valence-corrected chi connectivity index (χ3v) is 6.17. The van der Waals surface area contributed by atoms with E-state index in [2.05, 4.69) is 27.7 Å². The van der Waals surface area contributed by atoms with Crippen LogP contribution < -0.4 is 11.5 Å². The Balaban J connectivity index is -0.00000123. The molecule has 0 fully saturated rings. The maximum absolute atomic E-state index is 11.7. The molecular weight excluding hydrogens is 424 g/mol. The minimum absolute atomic E-state index is 0. The zero-order chi connectivity index (χ0) is 21.5. The van der Waals surface area contributed by atoms with E-state index in [1.165, 1.54) is 83.5 Å². The second-order valence-corrected chi connectivity index (χ2v) is 8.49. The molecule has 0 heterocycles. The van der Waals surface area contributed by atoms with Crippen LogP contribution in [0.4, 0.5) is 0 Å². The Kier molecular flexibility index (Phi) is 30.0. The Morgan fingerprint density at radius 1 is 0.621 bits per heavy atom. The van der Waals surface area contributed by atoms with Crippen LogP contribution in [0, 0.1) is 5.41 Å². The average molecular weight is 480 g/mol. The molecule has 0 radical (unpaired) electrons. The molecule has 0 rings (SSSR count). The van der Waals surface area contributed by atoms with Crippen LogP contribution >= 0.6 is 17.0 Å². The molecule has 29 heavy (non-hydrogen) atoms. The Morgan fingerprint density at radius 3 is 1.17 bits per heavy atom. The fourth-order valence-electron chi connectivity index (χ4n) is 3.73. The van der Waals surface area contributed by atoms with Gasteiger partial charge in [-0.25, -0.2) is 0 Å². The lowest BCUT2D eigenvalue weighted by Crippen LogP contribution is -2.36. The molecule has 3 nitrogen and oxygen atoms in total. The van der Waals surface area contributed by atoms with E-state index < -0.39 is 0 Å².